The van der Waals surface area contributed by atoms with Gasteiger partial charge in [-0.2, -0.15) is 0 Å². The molecule has 0 aliphatic carbocycles. The van der Waals surface area contributed by atoms with Crippen LogP contribution in [0.5, 0.6) is 0 Å². The average Bonchev–Trinajstić information content (AvgIpc) is 2.84. The van der Waals surface area contributed by atoms with Gasteiger partial charge in [0, 0.05) is 23.2 Å². The standard InChI is InChI=1S/C28H18N2O2/c31-30(32)24-11-5-10-23(18-24)29(22-8-2-1-3-9-22)26-17-15-21-13-12-19-6-4-7-20-14-16-25(26)28(21)27(19)20/h1-18H. The van der Waals surface area contributed by atoms with Gasteiger partial charge in [0.05, 0.1) is 16.3 Å². The Morgan fingerprint density at radius 2 is 1.22 bits per heavy atom. The SMILES string of the molecule is O=[N+]([O-])c1cccc(N(c2ccccc2)c2ccc3ccc4cccc5ccc2c3c45)c1. The summed E-state index contributed by atoms with van der Waals surface area (Å²) in [4.78, 5) is 13.2. The van der Waals surface area contributed by atoms with E-state index < -0.39 is 0 Å². The largest absolute Gasteiger partial charge is 0.310 e. The average molecular weight is 414 g/mol. The van der Waals surface area contributed by atoms with E-state index in [0.29, 0.717) is 0 Å². The quantitative estimate of drug-likeness (QED) is 0.167. The molecule has 0 spiro atoms. The predicted molar refractivity (Wildman–Crippen MR) is 131 cm³/mol. The van der Waals surface area contributed by atoms with E-state index in [4.69, 9.17) is 0 Å². The van der Waals surface area contributed by atoms with Gasteiger partial charge >= 0.3 is 0 Å². The summed E-state index contributed by atoms with van der Waals surface area (Å²) in [6.07, 6.45) is 0. The summed E-state index contributed by atoms with van der Waals surface area (Å²) < 4.78 is 0. The van der Waals surface area contributed by atoms with E-state index in [1.165, 1.54) is 33.0 Å². The second kappa shape index (κ2) is 7.06. The second-order valence-corrected chi connectivity index (χ2v) is 7.89. The fourth-order valence-electron chi connectivity index (χ4n) is 4.66. The van der Waals surface area contributed by atoms with Crippen LogP contribution in [-0.4, -0.2) is 4.92 Å². The maximum absolute atomic E-state index is 11.5. The Kier molecular flexibility index (Phi) is 4.05. The summed E-state index contributed by atoms with van der Waals surface area (Å²) in [5, 5.41) is 18.6. The van der Waals surface area contributed by atoms with Crippen LogP contribution in [0.4, 0.5) is 22.7 Å². The minimum Gasteiger partial charge on any atom is -0.310 e. The van der Waals surface area contributed by atoms with Crippen molar-refractivity contribution in [1.82, 2.24) is 0 Å². The van der Waals surface area contributed by atoms with E-state index in [1.807, 2.05) is 36.4 Å². The topological polar surface area (TPSA) is 46.4 Å². The summed E-state index contributed by atoms with van der Waals surface area (Å²) in [6, 6.07) is 36.0. The maximum Gasteiger partial charge on any atom is 0.271 e. The molecule has 0 radical (unpaired) electrons. The zero-order valence-electron chi connectivity index (χ0n) is 17.1. The molecular formula is C28H18N2O2. The first-order chi connectivity index (χ1) is 15.7. The molecule has 32 heavy (non-hydrogen) atoms. The first-order valence-electron chi connectivity index (χ1n) is 10.5. The molecule has 152 valence electrons. The summed E-state index contributed by atoms with van der Waals surface area (Å²) in [7, 11) is 0. The zero-order valence-corrected chi connectivity index (χ0v) is 17.1. The minimum atomic E-state index is -0.350. The number of hydrogen-bond donors (Lipinski definition) is 0. The van der Waals surface area contributed by atoms with Crippen molar-refractivity contribution < 1.29 is 4.92 Å². The summed E-state index contributed by atoms with van der Waals surface area (Å²) >= 11 is 0. The summed E-state index contributed by atoms with van der Waals surface area (Å²) in [6.45, 7) is 0. The van der Waals surface area contributed by atoms with Crippen molar-refractivity contribution in [1.29, 1.82) is 0 Å². The van der Waals surface area contributed by atoms with Crippen LogP contribution in [0.15, 0.2) is 109 Å². The first kappa shape index (κ1) is 18.3. The summed E-state index contributed by atoms with van der Waals surface area (Å²) in [5.41, 5.74) is 2.76. The Hall–Kier alpha value is -4.44. The van der Waals surface area contributed by atoms with Gasteiger partial charge < -0.3 is 4.90 Å². The molecule has 0 saturated heterocycles. The predicted octanol–water partition coefficient (Wildman–Crippen LogP) is 7.96. The van der Waals surface area contributed by atoms with Crippen LogP contribution < -0.4 is 4.90 Å². The molecule has 6 rings (SSSR count). The Morgan fingerprint density at radius 3 is 1.97 bits per heavy atom. The number of benzene rings is 6. The lowest BCUT2D eigenvalue weighted by Crippen LogP contribution is -2.10. The van der Waals surface area contributed by atoms with Gasteiger partial charge in [-0.1, -0.05) is 72.8 Å². The number of para-hydroxylation sites is 1. The highest BCUT2D eigenvalue weighted by molar-refractivity contribution is 6.25. The van der Waals surface area contributed by atoms with Gasteiger partial charge in [0.1, 0.15) is 0 Å². The van der Waals surface area contributed by atoms with Crippen LogP contribution in [0.25, 0.3) is 32.3 Å². The van der Waals surface area contributed by atoms with Crippen molar-refractivity contribution in [2.75, 3.05) is 4.90 Å². The number of hydrogen-bond acceptors (Lipinski definition) is 3. The Bertz CT molecular complexity index is 1590. The molecule has 0 aromatic heterocycles. The monoisotopic (exact) mass is 414 g/mol. The molecule has 0 aliphatic heterocycles. The molecule has 6 aromatic carbocycles. The number of non-ortho nitro benzene ring substituents is 1. The Balaban J connectivity index is 1.69. The lowest BCUT2D eigenvalue weighted by atomic mass is 9.93. The summed E-state index contributed by atoms with van der Waals surface area (Å²) in [5.74, 6) is 0. The number of anilines is 3. The van der Waals surface area contributed by atoms with Crippen molar-refractivity contribution in [2.45, 2.75) is 0 Å². The van der Waals surface area contributed by atoms with Crippen LogP contribution in [0.2, 0.25) is 0 Å². The first-order valence-corrected chi connectivity index (χ1v) is 10.5. The van der Waals surface area contributed by atoms with Crippen molar-refractivity contribution in [3.05, 3.63) is 119 Å². The third-order valence-corrected chi connectivity index (χ3v) is 6.06. The third kappa shape index (κ3) is 2.77. The number of nitrogens with zero attached hydrogens (tertiary/aromatic N) is 2. The molecule has 0 aliphatic rings. The van der Waals surface area contributed by atoms with E-state index in [-0.39, 0.29) is 10.6 Å². The highest BCUT2D eigenvalue weighted by atomic mass is 16.6. The van der Waals surface area contributed by atoms with Crippen LogP contribution in [0, 0.1) is 10.1 Å². The number of nitro groups is 1. The van der Waals surface area contributed by atoms with Crippen molar-refractivity contribution in [3.63, 3.8) is 0 Å². The normalized spacial score (nSPS) is 11.4. The van der Waals surface area contributed by atoms with Crippen LogP contribution >= 0.6 is 0 Å². The van der Waals surface area contributed by atoms with Gasteiger partial charge in [0.2, 0.25) is 0 Å². The maximum atomic E-state index is 11.5. The highest BCUT2D eigenvalue weighted by Gasteiger charge is 2.19. The smallest absolute Gasteiger partial charge is 0.271 e. The van der Waals surface area contributed by atoms with E-state index in [9.17, 15) is 10.1 Å². The molecule has 0 heterocycles. The van der Waals surface area contributed by atoms with E-state index in [2.05, 4.69) is 59.5 Å². The van der Waals surface area contributed by atoms with Crippen molar-refractivity contribution in [3.8, 4) is 0 Å². The fourth-order valence-corrected chi connectivity index (χ4v) is 4.66. The Morgan fingerprint density at radius 1 is 0.594 bits per heavy atom. The minimum absolute atomic E-state index is 0.0705. The van der Waals surface area contributed by atoms with Crippen LogP contribution in [0.1, 0.15) is 0 Å². The van der Waals surface area contributed by atoms with E-state index in [1.54, 1.807) is 12.1 Å². The molecule has 0 amide bonds. The van der Waals surface area contributed by atoms with Crippen LogP contribution in [0.3, 0.4) is 0 Å². The van der Waals surface area contributed by atoms with Gasteiger partial charge in [0.15, 0.2) is 0 Å². The van der Waals surface area contributed by atoms with Gasteiger partial charge in [0.25, 0.3) is 5.69 Å². The van der Waals surface area contributed by atoms with Crippen molar-refractivity contribution in [2.24, 2.45) is 0 Å². The van der Waals surface area contributed by atoms with Gasteiger partial charge in [-0.25, -0.2) is 0 Å². The van der Waals surface area contributed by atoms with E-state index in [0.717, 1.165) is 22.4 Å². The van der Waals surface area contributed by atoms with Gasteiger partial charge in [-0.05, 0) is 51.2 Å². The highest BCUT2D eigenvalue weighted by Crippen LogP contribution is 2.44. The molecular weight excluding hydrogens is 396 g/mol. The molecule has 0 N–H and O–H groups in total. The Labute approximate surface area is 184 Å². The lowest BCUT2D eigenvalue weighted by Gasteiger charge is -2.27. The molecule has 6 aromatic rings. The second-order valence-electron chi connectivity index (χ2n) is 7.89. The zero-order chi connectivity index (χ0) is 21.7. The lowest BCUT2D eigenvalue weighted by molar-refractivity contribution is -0.384. The van der Waals surface area contributed by atoms with Gasteiger partial charge in [-0.3, -0.25) is 10.1 Å². The molecule has 4 heteroatoms. The molecule has 0 fully saturated rings. The van der Waals surface area contributed by atoms with E-state index >= 15 is 0 Å². The van der Waals surface area contributed by atoms with Crippen LogP contribution in [-0.2, 0) is 0 Å². The third-order valence-electron chi connectivity index (χ3n) is 6.06. The number of nitro benzene ring substituents is 1. The number of rotatable bonds is 4. The molecule has 0 bridgehead atoms. The van der Waals surface area contributed by atoms with Crippen molar-refractivity contribution >= 4 is 55.1 Å². The molecule has 0 atom stereocenters. The fraction of sp³-hybridized carbons (Fsp3) is 0. The molecule has 0 saturated carbocycles. The molecule has 4 nitrogen and oxygen atoms in total. The van der Waals surface area contributed by atoms with Gasteiger partial charge in [-0.15, -0.1) is 0 Å². The molecule has 0 unspecified atom stereocenters.